The summed E-state index contributed by atoms with van der Waals surface area (Å²) in [7, 11) is 0. The van der Waals surface area contributed by atoms with Crippen LogP contribution in [0.2, 0.25) is 0 Å². The minimum absolute atomic E-state index is 0.752. The van der Waals surface area contributed by atoms with Crippen LogP contribution >= 0.6 is 11.8 Å². The van der Waals surface area contributed by atoms with E-state index in [1.165, 1.54) is 25.0 Å². The van der Waals surface area contributed by atoms with Crippen molar-refractivity contribution in [2.24, 2.45) is 5.92 Å². The monoisotopic (exact) mass is 215 g/mol. The predicted molar refractivity (Wildman–Crippen MR) is 61.9 cm³/mol. The topological polar surface area (TPSA) is 21.3 Å². The van der Waals surface area contributed by atoms with E-state index in [0.29, 0.717) is 0 Å². The molecule has 2 aliphatic rings. The van der Waals surface area contributed by atoms with E-state index in [-0.39, 0.29) is 0 Å². The van der Waals surface area contributed by atoms with Crippen molar-refractivity contribution in [1.29, 1.82) is 0 Å². The fourth-order valence-electron chi connectivity index (χ4n) is 2.29. The Labute approximate surface area is 91.2 Å². The van der Waals surface area contributed by atoms with Gasteiger partial charge in [-0.15, -0.1) is 0 Å². The van der Waals surface area contributed by atoms with Gasteiger partial charge in [0.15, 0.2) is 0 Å². The number of ether oxygens (including phenoxy) is 1. The summed E-state index contributed by atoms with van der Waals surface area (Å²) in [6.07, 6.45) is 3.95. The van der Waals surface area contributed by atoms with Crippen molar-refractivity contribution in [1.82, 2.24) is 5.32 Å². The maximum atomic E-state index is 5.48. The Hall–Kier alpha value is 0.270. The van der Waals surface area contributed by atoms with Crippen LogP contribution in [0.5, 0.6) is 0 Å². The molecule has 0 amide bonds. The number of hydrogen-bond acceptors (Lipinski definition) is 3. The molecule has 2 heterocycles. The lowest BCUT2D eigenvalue weighted by atomic mass is 10.0. The molecule has 2 rings (SSSR count). The molecule has 3 heteroatoms. The Kier molecular flexibility index (Phi) is 4.14. The quantitative estimate of drug-likeness (QED) is 0.777. The molecular weight excluding hydrogens is 194 g/mol. The van der Waals surface area contributed by atoms with Crippen LogP contribution in [-0.2, 0) is 4.74 Å². The smallest absolute Gasteiger partial charge is 0.0506 e. The first-order chi connectivity index (χ1) is 6.86. The summed E-state index contributed by atoms with van der Waals surface area (Å²) in [5, 5.41) is 4.51. The molecule has 0 aromatic carbocycles. The molecule has 2 fully saturated rings. The number of hydrogen-bond donors (Lipinski definition) is 1. The van der Waals surface area contributed by atoms with E-state index in [2.05, 4.69) is 24.0 Å². The Morgan fingerprint density at radius 3 is 3.00 bits per heavy atom. The second-order valence-corrected chi connectivity index (χ2v) is 5.95. The summed E-state index contributed by atoms with van der Waals surface area (Å²) in [5.41, 5.74) is 0. The van der Waals surface area contributed by atoms with E-state index in [4.69, 9.17) is 4.74 Å². The first-order valence-electron chi connectivity index (χ1n) is 5.79. The lowest BCUT2D eigenvalue weighted by Gasteiger charge is -2.25. The van der Waals surface area contributed by atoms with Crippen LogP contribution in [0.25, 0.3) is 0 Å². The maximum Gasteiger partial charge on any atom is 0.0506 e. The Bertz CT molecular complexity index is 171. The molecule has 0 aliphatic carbocycles. The zero-order valence-electron chi connectivity index (χ0n) is 9.00. The number of nitrogens with one attached hydrogen (secondary N) is 1. The summed E-state index contributed by atoms with van der Waals surface area (Å²) in [5.74, 6) is 2.10. The molecule has 14 heavy (non-hydrogen) atoms. The molecule has 3 unspecified atom stereocenters. The molecule has 82 valence electrons. The molecule has 2 nitrogen and oxygen atoms in total. The highest BCUT2D eigenvalue weighted by Gasteiger charge is 2.24. The normalized spacial score (nSPS) is 38.8. The van der Waals surface area contributed by atoms with Crippen molar-refractivity contribution in [3.63, 3.8) is 0 Å². The summed E-state index contributed by atoms with van der Waals surface area (Å²) in [6.45, 7) is 5.45. The zero-order chi connectivity index (χ0) is 9.80. The summed E-state index contributed by atoms with van der Waals surface area (Å²) < 4.78 is 5.48. The van der Waals surface area contributed by atoms with Gasteiger partial charge in [-0.1, -0.05) is 6.92 Å². The van der Waals surface area contributed by atoms with Gasteiger partial charge in [-0.05, 0) is 30.9 Å². The van der Waals surface area contributed by atoms with Crippen LogP contribution < -0.4 is 5.32 Å². The third-order valence-electron chi connectivity index (χ3n) is 3.30. The molecule has 2 saturated heterocycles. The third-order valence-corrected chi connectivity index (χ3v) is 4.63. The van der Waals surface area contributed by atoms with Crippen LogP contribution in [-0.4, -0.2) is 36.8 Å². The molecule has 1 N–H and O–H groups in total. The minimum atomic E-state index is 0.752. The Morgan fingerprint density at radius 2 is 2.36 bits per heavy atom. The van der Waals surface area contributed by atoms with Gasteiger partial charge in [0.1, 0.15) is 0 Å². The Balaban J connectivity index is 1.65. The van der Waals surface area contributed by atoms with Gasteiger partial charge in [-0.25, -0.2) is 0 Å². The van der Waals surface area contributed by atoms with Crippen molar-refractivity contribution < 1.29 is 4.74 Å². The molecule has 0 bridgehead atoms. The standard InChI is InChI=1S/C11H21NOS/c1-9-11(4-6-14-9)12-7-10-3-2-5-13-8-10/h9-12H,2-8H2,1H3. The van der Waals surface area contributed by atoms with Crippen LogP contribution in [0.1, 0.15) is 26.2 Å². The van der Waals surface area contributed by atoms with Crippen LogP contribution in [0, 0.1) is 5.92 Å². The van der Waals surface area contributed by atoms with E-state index >= 15 is 0 Å². The van der Waals surface area contributed by atoms with E-state index < -0.39 is 0 Å². The van der Waals surface area contributed by atoms with E-state index in [1.54, 1.807) is 0 Å². The fourth-order valence-corrected chi connectivity index (χ4v) is 3.51. The Morgan fingerprint density at radius 1 is 1.43 bits per heavy atom. The van der Waals surface area contributed by atoms with Crippen molar-refractivity contribution >= 4 is 11.8 Å². The van der Waals surface area contributed by atoms with Gasteiger partial charge < -0.3 is 10.1 Å². The summed E-state index contributed by atoms with van der Waals surface area (Å²) >= 11 is 2.10. The van der Waals surface area contributed by atoms with Crippen molar-refractivity contribution in [2.45, 2.75) is 37.5 Å². The van der Waals surface area contributed by atoms with Crippen molar-refractivity contribution in [3.8, 4) is 0 Å². The fraction of sp³-hybridized carbons (Fsp3) is 1.00. The predicted octanol–water partition coefficient (Wildman–Crippen LogP) is 1.90. The van der Waals surface area contributed by atoms with Gasteiger partial charge in [0, 0.05) is 24.4 Å². The highest BCUT2D eigenvalue weighted by molar-refractivity contribution is 8.00. The first-order valence-corrected chi connectivity index (χ1v) is 6.84. The van der Waals surface area contributed by atoms with Gasteiger partial charge in [0.2, 0.25) is 0 Å². The lowest BCUT2D eigenvalue weighted by molar-refractivity contribution is 0.0538. The van der Waals surface area contributed by atoms with Gasteiger partial charge in [-0.2, -0.15) is 11.8 Å². The molecule has 0 saturated carbocycles. The SMILES string of the molecule is CC1SCCC1NCC1CCCOC1. The highest BCUT2D eigenvalue weighted by atomic mass is 32.2. The second kappa shape index (κ2) is 5.38. The molecule has 0 radical (unpaired) electrons. The van der Waals surface area contributed by atoms with E-state index in [9.17, 15) is 0 Å². The third kappa shape index (κ3) is 2.88. The van der Waals surface area contributed by atoms with E-state index in [0.717, 1.165) is 37.0 Å². The van der Waals surface area contributed by atoms with Gasteiger partial charge >= 0.3 is 0 Å². The van der Waals surface area contributed by atoms with Gasteiger partial charge in [0.25, 0.3) is 0 Å². The first kappa shape index (κ1) is 10.8. The molecule has 0 spiro atoms. The molecular formula is C11H21NOS. The largest absolute Gasteiger partial charge is 0.381 e. The summed E-state index contributed by atoms with van der Waals surface area (Å²) in [4.78, 5) is 0. The molecule has 0 aromatic heterocycles. The average Bonchev–Trinajstić information content (AvgIpc) is 2.63. The molecule has 0 aromatic rings. The van der Waals surface area contributed by atoms with Crippen molar-refractivity contribution in [3.05, 3.63) is 0 Å². The van der Waals surface area contributed by atoms with Crippen LogP contribution in [0.15, 0.2) is 0 Å². The number of thioether (sulfide) groups is 1. The zero-order valence-corrected chi connectivity index (χ0v) is 9.81. The van der Waals surface area contributed by atoms with Gasteiger partial charge in [0.05, 0.1) is 6.61 Å². The van der Waals surface area contributed by atoms with E-state index in [1.807, 2.05) is 0 Å². The second-order valence-electron chi connectivity index (χ2n) is 4.46. The van der Waals surface area contributed by atoms with Gasteiger partial charge in [-0.3, -0.25) is 0 Å². The van der Waals surface area contributed by atoms with Crippen LogP contribution in [0.4, 0.5) is 0 Å². The maximum absolute atomic E-state index is 5.48. The average molecular weight is 215 g/mol. The summed E-state index contributed by atoms with van der Waals surface area (Å²) in [6, 6.07) is 0.752. The minimum Gasteiger partial charge on any atom is -0.381 e. The highest BCUT2D eigenvalue weighted by Crippen LogP contribution is 2.26. The lowest BCUT2D eigenvalue weighted by Crippen LogP contribution is -2.38. The number of rotatable bonds is 3. The molecule has 3 atom stereocenters. The molecule has 2 aliphatic heterocycles. The van der Waals surface area contributed by atoms with Crippen LogP contribution in [0.3, 0.4) is 0 Å². The van der Waals surface area contributed by atoms with Crippen molar-refractivity contribution in [2.75, 3.05) is 25.5 Å².